The summed E-state index contributed by atoms with van der Waals surface area (Å²) in [6, 6.07) is -0.973. The molecule has 7 heteroatoms. The molecule has 0 aliphatic carbocycles. The van der Waals surface area contributed by atoms with Crippen LogP contribution >= 0.6 is 11.6 Å². The number of halogens is 4. The van der Waals surface area contributed by atoms with E-state index < -0.39 is 12.2 Å². The normalized spacial score (nSPS) is 13.7. The lowest BCUT2D eigenvalue weighted by Crippen LogP contribution is -2.29. The van der Waals surface area contributed by atoms with Crippen molar-refractivity contribution < 1.29 is 17.9 Å². The van der Waals surface area contributed by atoms with Gasteiger partial charge in [-0.3, -0.25) is 0 Å². The average Bonchev–Trinajstić information content (AvgIpc) is 2.15. The maximum absolute atomic E-state index is 12.4. The fraction of sp³-hybridized carbons (Fsp3) is 0.375. The van der Waals surface area contributed by atoms with E-state index in [-0.39, 0.29) is 16.5 Å². The number of nitrogens with two attached hydrogens (primary N) is 1. The Hall–Kier alpha value is -1.01. The molecule has 15 heavy (non-hydrogen) atoms. The number of rotatable bonds is 2. The summed E-state index contributed by atoms with van der Waals surface area (Å²) in [4.78, 5) is 3.61. The van der Waals surface area contributed by atoms with Crippen LogP contribution in [0.1, 0.15) is 11.6 Å². The Morgan fingerprint density at radius 1 is 1.53 bits per heavy atom. The summed E-state index contributed by atoms with van der Waals surface area (Å²) in [7, 11) is 1.20. The van der Waals surface area contributed by atoms with Gasteiger partial charge >= 0.3 is 6.18 Å². The molecule has 0 amide bonds. The van der Waals surface area contributed by atoms with Gasteiger partial charge in [0.05, 0.1) is 17.7 Å². The molecule has 0 saturated heterocycles. The summed E-state index contributed by atoms with van der Waals surface area (Å²) in [5, 5.41) is -0.119. The second kappa shape index (κ2) is 4.24. The second-order valence-electron chi connectivity index (χ2n) is 2.74. The molecule has 3 nitrogen and oxygen atoms in total. The van der Waals surface area contributed by atoms with Gasteiger partial charge in [-0.1, -0.05) is 11.6 Å². The standard InChI is InChI=1S/C8H8ClF3N2O/c1-15-7-5(4(9)2-3-14-7)6(13)8(10,11)12/h2-3,6H,13H2,1H3. The van der Waals surface area contributed by atoms with Crippen molar-refractivity contribution in [1.82, 2.24) is 4.98 Å². The first-order valence-corrected chi connectivity index (χ1v) is 4.26. The fourth-order valence-corrected chi connectivity index (χ4v) is 1.29. The van der Waals surface area contributed by atoms with Crippen LogP contribution in [0.25, 0.3) is 0 Å². The molecular weight excluding hydrogens is 233 g/mol. The Morgan fingerprint density at radius 2 is 2.13 bits per heavy atom. The molecule has 1 aromatic heterocycles. The predicted octanol–water partition coefficient (Wildman–Crippen LogP) is 2.31. The maximum atomic E-state index is 12.4. The van der Waals surface area contributed by atoms with E-state index in [0.29, 0.717) is 0 Å². The number of pyridine rings is 1. The Morgan fingerprint density at radius 3 is 2.60 bits per heavy atom. The van der Waals surface area contributed by atoms with Gasteiger partial charge in [0.15, 0.2) is 0 Å². The van der Waals surface area contributed by atoms with Crippen molar-refractivity contribution in [3.63, 3.8) is 0 Å². The highest BCUT2D eigenvalue weighted by Gasteiger charge is 2.41. The molecule has 1 atom stereocenters. The van der Waals surface area contributed by atoms with Crippen LogP contribution in [0.4, 0.5) is 13.2 Å². The summed E-state index contributed by atoms with van der Waals surface area (Å²) in [6.07, 6.45) is -3.34. The number of alkyl halides is 3. The number of ether oxygens (including phenoxy) is 1. The van der Waals surface area contributed by atoms with Gasteiger partial charge < -0.3 is 10.5 Å². The molecule has 0 bridgehead atoms. The zero-order chi connectivity index (χ0) is 11.6. The second-order valence-corrected chi connectivity index (χ2v) is 3.14. The summed E-state index contributed by atoms with van der Waals surface area (Å²) in [6.45, 7) is 0. The Labute approximate surface area is 89.0 Å². The number of methoxy groups -OCH3 is 1. The van der Waals surface area contributed by atoms with Crippen molar-refractivity contribution in [3.05, 3.63) is 22.8 Å². The van der Waals surface area contributed by atoms with Gasteiger partial charge in [0.25, 0.3) is 0 Å². The summed E-state index contributed by atoms with van der Waals surface area (Å²) in [5.41, 5.74) is 4.67. The van der Waals surface area contributed by atoms with Crippen LogP contribution in [0.5, 0.6) is 5.88 Å². The van der Waals surface area contributed by atoms with E-state index in [0.717, 1.165) is 0 Å². The molecule has 1 heterocycles. The van der Waals surface area contributed by atoms with E-state index in [9.17, 15) is 13.2 Å². The highest BCUT2D eigenvalue weighted by atomic mass is 35.5. The maximum Gasteiger partial charge on any atom is 0.407 e. The van der Waals surface area contributed by atoms with Crippen LogP contribution in [0, 0.1) is 0 Å². The van der Waals surface area contributed by atoms with E-state index in [4.69, 9.17) is 17.3 Å². The Kier molecular flexibility index (Phi) is 3.41. The van der Waals surface area contributed by atoms with E-state index >= 15 is 0 Å². The van der Waals surface area contributed by atoms with Crippen molar-refractivity contribution in [1.29, 1.82) is 0 Å². The molecule has 84 valence electrons. The minimum absolute atomic E-state index is 0.119. The van der Waals surface area contributed by atoms with Gasteiger partial charge in [-0.2, -0.15) is 13.2 Å². The molecule has 0 fully saturated rings. The lowest BCUT2D eigenvalue weighted by molar-refractivity contribution is -0.149. The molecule has 0 radical (unpaired) electrons. The van der Waals surface area contributed by atoms with Crippen molar-refractivity contribution in [2.45, 2.75) is 12.2 Å². The lowest BCUT2D eigenvalue weighted by Gasteiger charge is -2.18. The molecule has 0 aliphatic rings. The topological polar surface area (TPSA) is 48.1 Å². The molecule has 1 aromatic rings. The Bertz CT molecular complexity index is 356. The number of aromatic nitrogens is 1. The quantitative estimate of drug-likeness (QED) is 0.863. The third-order valence-electron chi connectivity index (χ3n) is 1.76. The van der Waals surface area contributed by atoms with Crippen molar-refractivity contribution >= 4 is 11.6 Å². The minimum atomic E-state index is -4.58. The monoisotopic (exact) mass is 240 g/mol. The highest BCUT2D eigenvalue weighted by Crippen LogP contribution is 2.38. The van der Waals surface area contributed by atoms with Gasteiger partial charge in [0.1, 0.15) is 6.04 Å². The predicted molar refractivity (Wildman–Crippen MR) is 48.8 cm³/mol. The fourth-order valence-electron chi connectivity index (χ4n) is 1.04. The molecule has 0 aromatic carbocycles. The summed E-state index contributed by atoms with van der Waals surface area (Å²) >= 11 is 5.61. The van der Waals surface area contributed by atoms with Crippen LogP contribution in [-0.4, -0.2) is 18.3 Å². The average molecular weight is 241 g/mol. The van der Waals surface area contributed by atoms with Crippen LogP contribution < -0.4 is 10.5 Å². The molecule has 1 rings (SSSR count). The van der Waals surface area contributed by atoms with Gasteiger partial charge in [-0.05, 0) is 6.07 Å². The van der Waals surface area contributed by atoms with E-state index in [2.05, 4.69) is 9.72 Å². The van der Waals surface area contributed by atoms with Crippen LogP contribution in [-0.2, 0) is 0 Å². The number of hydrogen-bond donors (Lipinski definition) is 1. The largest absolute Gasteiger partial charge is 0.481 e. The smallest absolute Gasteiger partial charge is 0.407 e. The molecule has 0 spiro atoms. The zero-order valence-corrected chi connectivity index (χ0v) is 8.43. The first-order chi connectivity index (χ1) is 6.88. The summed E-state index contributed by atoms with van der Waals surface area (Å²) in [5.74, 6) is -0.215. The molecule has 0 aliphatic heterocycles. The van der Waals surface area contributed by atoms with Crippen LogP contribution in [0.3, 0.4) is 0 Å². The van der Waals surface area contributed by atoms with Gasteiger partial charge in [-0.25, -0.2) is 4.98 Å². The van der Waals surface area contributed by atoms with Crippen molar-refractivity contribution in [2.24, 2.45) is 5.73 Å². The van der Waals surface area contributed by atoms with Crippen LogP contribution in [0.15, 0.2) is 12.3 Å². The van der Waals surface area contributed by atoms with Crippen molar-refractivity contribution in [3.8, 4) is 5.88 Å². The molecule has 0 saturated carbocycles. The number of nitrogens with zero attached hydrogens (tertiary/aromatic N) is 1. The van der Waals surface area contributed by atoms with Gasteiger partial charge in [0, 0.05) is 6.20 Å². The lowest BCUT2D eigenvalue weighted by atomic mass is 10.1. The van der Waals surface area contributed by atoms with Crippen LogP contribution in [0.2, 0.25) is 5.02 Å². The third kappa shape index (κ3) is 2.51. The van der Waals surface area contributed by atoms with E-state index in [1.165, 1.54) is 19.4 Å². The van der Waals surface area contributed by atoms with Gasteiger partial charge in [-0.15, -0.1) is 0 Å². The van der Waals surface area contributed by atoms with E-state index in [1.807, 2.05) is 0 Å². The minimum Gasteiger partial charge on any atom is -0.481 e. The highest BCUT2D eigenvalue weighted by molar-refractivity contribution is 6.31. The molecule has 2 N–H and O–H groups in total. The van der Waals surface area contributed by atoms with Crippen molar-refractivity contribution in [2.75, 3.05) is 7.11 Å². The molecular formula is C8H8ClF3N2O. The first-order valence-electron chi connectivity index (χ1n) is 3.88. The SMILES string of the molecule is COc1nccc(Cl)c1C(N)C(F)(F)F. The van der Waals surface area contributed by atoms with E-state index in [1.54, 1.807) is 0 Å². The number of hydrogen-bond acceptors (Lipinski definition) is 3. The Balaban J connectivity index is 3.23. The third-order valence-corrected chi connectivity index (χ3v) is 2.09. The van der Waals surface area contributed by atoms with Gasteiger partial charge in [0.2, 0.25) is 5.88 Å². The zero-order valence-electron chi connectivity index (χ0n) is 7.68. The summed E-state index contributed by atoms with van der Waals surface area (Å²) < 4.78 is 41.8. The first kappa shape index (κ1) is 12.1. The molecule has 1 unspecified atom stereocenters.